The molecule has 2 aliphatic rings. The second kappa shape index (κ2) is 3.28. The first kappa shape index (κ1) is 10.8. The van der Waals surface area contributed by atoms with Crippen LogP contribution < -0.4 is 5.76 Å². The van der Waals surface area contributed by atoms with E-state index in [1.807, 2.05) is 18.2 Å². The second-order valence-electron chi connectivity index (χ2n) is 5.49. The Morgan fingerprint density at radius 1 is 1.32 bits per heavy atom. The molecule has 0 unspecified atom stereocenters. The molecule has 1 N–H and O–H groups in total. The number of nitrogens with one attached hydrogen (secondary N) is 1. The van der Waals surface area contributed by atoms with Gasteiger partial charge in [0.2, 0.25) is 0 Å². The van der Waals surface area contributed by atoms with Crippen LogP contribution in [-0.2, 0) is 10.2 Å². The van der Waals surface area contributed by atoms with Crippen LogP contribution in [0.5, 0.6) is 0 Å². The molecule has 19 heavy (non-hydrogen) atoms. The molecule has 1 saturated carbocycles. The van der Waals surface area contributed by atoms with Crippen LogP contribution in [-0.4, -0.2) is 18.2 Å². The number of nitrogens with zero attached hydrogens (tertiary/aromatic N) is 1. The van der Waals surface area contributed by atoms with Crippen molar-refractivity contribution in [3.63, 3.8) is 0 Å². The Hall–Kier alpha value is -2.06. The molecule has 2 aromatic rings. The Bertz CT molecular complexity index is 757. The standard InChI is InChI=1S/C14H12N2O3/c15-6-13(3-4-13)14(7-18-8-14)9-1-2-10-11(5-9)19-12(17)16-10/h1-2,5H,3-4,7-8H2,(H,16,17). The highest BCUT2D eigenvalue weighted by Crippen LogP contribution is 2.62. The van der Waals surface area contributed by atoms with Gasteiger partial charge in [0.15, 0.2) is 5.58 Å². The lowest BCUT2D eigenvalue weighted by atomic mass is 9.66. The summed E-state index contributed by atoms with van der Waals surface area (Å²) in [6.07, 6.45) is 1.84. The van der Waals surface area contributed by atoms with Crippen molar-refractivity contribution in [1.29, 1.82) is 5.26 Å². The molecule has 0 bridgehead atoms. The van der Waals surface area contributed by atoms with E-state index in [1.165, 1.54) is 0 Å². The van der Waals surface area contributed by atoms with Crippen molar-refractivity contribution >= 4 is 11.1 Å². The average molecular weight is 256 g/mol. The lowest BCUT2D eigenvalue weighted by molar-refractivity contribution is -0.0866. The topological polar surface area (TPSA) is 79.0 Å². The monoisotopic (exact) mass is 256 g/mol. The number of rotatable bonds is 2. The van der Waals surface area contributed by atoms with E-state index in [1.54, 1.807) is 0 Å². The predicted octanol–water partition coefficient (Wildman–Crippen LogP) is 1.69. The second-order valence-corrected chi connectivity index (χ2v) is 5.49. The summed E-state index contributed by atoms with van der Waals surface area (Å²) in [4.78, 5) is 13.8. The van der Waals surface area contributed by atoms with Gasteiger partial charge in [0, 0.05) is 0 Å². The molecule has 0 radical (unpaired) electrons. The Morgan fingerprint density at radius 3 is 2.68 bits per heavy atom. The zero-order valence-electron chi connectivity index (χ0n) is 10.2. The van der Waals surface area contributed by atoms with Crippen LogP contribution >= 0.6 is 0 Å². The van der Waals surface area contributed by atoms with Gasteiger partial charge in [0.1, 0.15) is 0 Å². The van der Waals surface area contributed by atoms with Crippen molar-refractivity contribution in [3.8, 4) is 6.07 Å². The largest absolute Gasteiger partial charge is 0.417 e. The highest BCUT2D eigenvalue weighted by Gasteiger charge is 2.64. The van der Waals surface area contributed by atoms with Crippen molar-refractivity contribution in [3.05, 3.63) is 34.3 Å². The molecule has 2 heterocycles. The van der Waals surface area contributed by atoms with Crippen molar-refractivity contribution in [2.75, 3.05) is 13.2 Å². The number of ether oxygens (including phenoxy) is 1. The van der Waals surface area contributed by atoms with Gasteiger partial charge in [0.25, 0.3) is 0 Å². The summed E-state index contributed by atoms with van der Waals surface area (Å²) in [7, 11) is 0. The normalized spacial score (nSPS) is 22.7. The molecule has 4 rings (SSSR count). The number of aromatic amines is 1. The van der Waals surface area contributed by atoms with E-state index in [-0.39, 0.29) is 10.8 Å². The zero-order valence-corrected chi connectivity index (χ0v) is 10.2. The molecule has 1 saturated heterocycles. The van der Waals surface area contributed by atoms with Crippen molar-refractivity contribution < 1.29 is 9.15 Å². The van der Waals surface area contributed by atoms with Crippen LogP contribution in [0.2, 0.25) is 0 Å². The van der Waals surface area contributed by atoms with Gasteiger partial charge in [-0.1, -0.05) is 6.07 Å². The fourth-order valence-electron chi connectivity index (χ4n) is 3.09. The number of oxazole rings is 1. The maximum atomic E-state index is 11.2. The van der Waals surface area contributed by atoms with Gasteiger partial charge < -0.3 is 9.15 Å². The molecule has 5 nitrogen and oxygen atoms in total. The fraction of sp³-hybridized carbons (Fsp3) is 0.429. The van der Waals surface area contributed by atoms with Crippen LogP contribution in [0.15, 0.2) is 27.4 Å². The van der Waals surface area contributed by atoms with E-state index < -0.39 is 5.76 Å². The first-order valence-electron chi connectivity index (χ1n) is 6.32. The molecule has 5 heteroatoms. The Labute approximate surface area is 108 Å². The van der Waals surface area contributed by atoms with Crippen LogP contribution in [0.3, 0.4) is 0 Å². The third-order valence-electron chi connectivity index (χ3n) is 4.55. The zero-order chi connectivity index (χ0) is 13.1. The van der Waals surface area contributed by atoms with Crippen LogP contribution in [0.25, 0.3) is 11.1 Å². The molecule has 1 aliphatic heterocycles. The number of fused-ring (bicyclic) bond motifs is 1. The van der Waals surface area contributed by atoms with Crippen molar-refractivity contribution in [2.45, 2.75) is 18.3 Å². The van der Waals surface area contributed by atoms with E-state index in [2.05, 4.69) is 11.1 Å². The molecule has 1 aromatic heterocycles. The maximum absolute atomic E-state index is 11.2. The summed E-state index contributed by atoms with van der Waals surface area (Å²) < 4.78 is 10.5. The van der Waals surface area contributed by atoms with Crippen molar-refractivity contribution in [2.24, 2.45) is 5.41 Å². The summed E-state index contributed by atoms with van der Waals surface area (Å²) in [5.74, 6) is -0.451. The van der Waals surface area contributed by atoms with Gasteiger partial charge >= 0.3 is 5.76 Å². The minimum Gasteiger partial charge on any atom is -0.408 e. The van der Waals surface area contributed by atoms with Crippen LogP contribution in [0.1, 0.15) is 18.4 Å². The molecular formula is C14H12N2O3. The molecule has 1 aliphatic carbocycles. The molecule has 0 atom stereocenters. The van der Waals surface area contributed by atoms with Gasteiger partial charge in [0.05, 0.1) is 35.6 Å². The number of aromatic nitrogens is 1. The van der Waals surface area contributed by atoms with E-state index in [0.717, 1.165) is 18.4 Å². The third-order valence-corrected chi connectivity index (χ3v) is 4.55. The van der Waals surface area contributed by atoms with Gasteiger partial charge in [-0.05, 0) is 30.5 Å². The summed E-state index contributed by atoms with van der Waals surface area (Å²) >= 11 is 0. The van der Waals surface area contributed by atoms with Gasteiger partial charge in [-0.15, -0.1) is 0 Å². The maximum Gasteiger partial charge on any atom is 0.417 e. The Balaban J connectivity index is 1.89. The highest BCUT2D eigenvalue weighted by atomic mass is 16.5. The van der Waals surface area contributed by atoms with Crippen molar-refractivity contribution in [1.82, 2.24) is 4.98 Å². The number of H-pyrrole nitrogens is 1. The Kier molecular flexibility index (Phi) is 1.87. The summed E-state index contributed by atoms with van der Waals surface area (Å²) in [6, 6.07) is 8.14. The van der Waals surface area contributed by atoms with Gasteiger partial charge in [-0.25, -0.2) is 4.79 Å². The first-order chi connectivity index (χ1) is 9.19. The molecule has 0 amide bonds. The van der Waals surface area contributed by atoms with Gasteiger partial charge in [-0.3, -0.25) is 4.98 Å². The SMILES string of the molecule is N#CC1(C2(c3ccc4[nH]c(=O)oc4c3)COC2)CC1. The van der Waals surface area contributed by atoms with Crippen LogP contribution in [0, 0.1) is 16.7 Å². The van der Waals surface area contributed by atoms with E-state index in [4.69, 9.17) is 9.15 Å². The third kappa shape index (κ3) is 1.24. The van der Waals surface area contributed by atoms with E-state index in [9.17, 15) is 10.1 Å². The minimum absolute atomic E-state index is 0.230. The molecule has 1 aromatic carbocycles. The molecule has 2 fully saturated rings. The predicted molar refractivity (Wildman–Crippen MR) is 66.6 cm³/mol. The quantitative estimate of drug-likeness (QED) is 0.886. The van der Waals surface area contributed by atoms with E-state index in [0.29, 0.717) is 24.3 Å². The lowest BCUT2D eigenvalue weighted by Gasteiger charge is -2.45. The van der Waals surface area contributed by atoms with E-state index >= 15 is 0 Å². The van der Waals surface area contributed by atoms with Gasteiger partial charge in [-0.2, -0.15) is 5.26 Å². The number of hydrogen-bond donors (Lipinski definition) is 1. The number of hydrogen-bond acceptors (Lipinski definition) is 4. The molecule has 96 valence electrons. The fourth-order valence-corrected chi connectivity index (χ4v) is 3.09. The summed E-state index contributed by atoms with van der Waals surface area (Å²) in [5, 5.41) is 9.45. The smallest absolute Gasteiger partial charge is 0.408 e. The first-order valence-corrected chi connectivity index (χ1v) is 6.32. The molecule has 0 spiro atoms. The number of nitriles is 1. The summed E-state index contributed by atoms with van der Waals surface area (Å²) in [6.45, 7) is 1.14. The highest BCUT2D eigenvalue weighted by molar-refractivity contribution is 5.73. The lowest BCUT2D eigenvalue weighted by Crippen LogP contribution is -2.53. The van der Waals surface area contributed by atoms with Crippen LogP contribution in [0.4, 0.5) is 0 Å². The average Bonchev–Trinajstić information content (AvgIpc) is 3.04. The number of benzene rings is 1. The minimum atomic E-state index is -0.451. The molecular weight excluding hydrogens is 244 g/mol. The summed E-state index contributed by atoms with van der Waals surface area (Å²) in [5.41, 5.74) is 1.74. The Morgan fingerprint density at radius 2 is 2.11 bits per heavy atom.